The van der Waals surface area contributed by atoms with Crippen molar-refractivity contribution in [3.8, 4) is 6.07 Å². The summed E-state index contributed by atoms with van der Waals surface area (Å²) in [6.07, 6.45) is 3.85. The van der Waals surface area contributed by atoms with E-state index in [0.29, 0.717) is 23.6 Å². The number of nitrogens with zero attached hydrogens (tertiary/aromatic N) is 4. The van der Waals surface area contributed by atoms with Gasteiger partial charge in [-0.3, -0.25) is 4.90 Å². The van der Waals surface area contributed by atoms with Gasteiger partial charge in [-0.05, 0) is 55.6 Å². The second-order valence-electron chi connectivity index (χ2n) is 7.77. The van der Waals surface area contributed by atoms with Gasteiger partial charge in [0.15, 0.2) is 11.6 Å². The topological polar surface area (TPSA) is 43.2 Å². The molecule has 6 heteroatoms. The van der Waals surface area contributed by atoms with Crippen molar-refractivity contribution in [3.63, 3.8) is 0 Å². The lowest BCUT2D eigenvalue weighted by Gasteiger charge is -2.51. The van der Waals surface area contributed by atoms with Crippen molar-refractivity contribution in [2.45, 2.75) is 30.8 Å². The molecule has 27 heavy (non-hydrogen) atoms. The Morgan fingerprint density at radius 1 is 1.07 bits per heavy atom. The molecule has 0 radical (unpaired) electrons. The summed E-state index contributed by atoms with van der Waals surface area (Å²) < 4.78 is 28.5. The van der Waals surface area contributed by atoms with Crippen molar-refractivity contribution in [2.75, 3.05) is 24.5 Å². The summed E-state index contributed by atoms with van der Waals surface area (Å²) in [6.45, 7) is 2.66. The summed E-state index contributed by atoms with van der Waals surface area (Å²) >= 11 is 0. The maximum Gasteiger partial charge on any atom is 0.162 e. The van der Waals surface area contributed by atoms with Gasteiger partial charge in [0.2, 0.25) is 0 Å². The van der Waals surface area contributed by atoms with Crippen LogP contribution in [0.2, 0.25) is 0 Å². The van der Waals surface area contributed by atoms with Gasteiger partial charge in [-0.1, -0.05) is 12.1 Å². The number of aromatic nitrogens is 1. The van der Waals surface area contributed by atoms with Gasteiger partial charge in [0.1, 0.15) is 11.9 Å². The highest BCUT2D eigenvalue weighted by molar-refractivity contribution is 5.48. The summed E-state index contributed by atoms with van der Waals surface area (Å²) in [5.74, 6) is -0.240. The van der Waals surface area contributed by atoms with Gasteiger partial charge < -0.3 is 4.90 Å². The van der Waals surface area contributed by atoms with Gasteiger partial charge in [0.05, 0.1) is 5.56 Å². The average Bonchev–Trinajstić information content (AvgIpc) is 3.14. The van der Waals surface area contributed by atoms with Crippen LogP contribution in [0, 0.1) is 28.9 Å². The number of benzene rings is 1. The van der Waals surface area contributed by atoms with E-state index in [9.17, 15) is 8.78 Å². The third-order valence-corrected chi connectivity index (χ3v) is 6.55. The molecular weight excluding hydrogens is 346 g/mol. The minimum Gasteiger partial charge on any atom is -0.351 e. The van der Waals surface area contributed by atoms with E-state index in [-0.39, 0.29) is 18.0 Å². The van der Waals surface area contributed by atoms with Crippen molar-refractivity contribution in [2.24, 2.45) is 5.92 Å². The number of hydrogen-bond acceptors (Lipinski definition) is 4. The quantitative estimate of drug-likeness (QED) is 0.818. The Labute approximate surface area is 157 Å². The van der Waals surface area contributed by atoms with Crippen molar-refractivity contribution < 1.29 is 8.78 Å². The predicted octanol–water partition coefficient (Wildman–Crippen LogP) is 3.30. The van der Waals surface area contributed by atoms with Crippen LogP contribution in [0.3, 0.4) is 0 Å². The number of hydrogen-bond donors (Lipinski definition) is 0. The summed E-state index contributed by atoms with van der Waals surface area (Å²) in [5, 5.41) is 9.03. The number of nitriles is 1. The maximum absolute atomic E-state index is 14.6. The number of pyridine rings is 1. The zero-order valence-corrected chi connectivity index (χ0v) is 14.9. The maximum atomic E-state index is 14.6. The van der Waals surface area contributed by atoms with Gasteiger partial charge in [0.25, 0.3) is 0 Å². The Balaban J connectivity index is 1.57. The zero-order valence-electron chi connectivity index (χ0n) is 14.9. The molecule has 4 aliphatic heterocycles. The number of fused-ring (bicyclic) bond motifs is 2. The summed E-state index contributed by atoms with van der Waals surface area (Å²) in [7, 11) is 0. The van der Waals surface area contributed by atoms with Crippen LogP contribution in [0.4, 0.5) is 14.6 Å². The second-order valence-corrected chi connectivity index (χ2v) is 7.77. The lowest BCUT2D eigenvalue weighted by atomic mass is 9.75. The fraction of sp³-hybridized carbons (Fsp3) is 0.429. The molecule has 4 aliphatic rings. The zero-order chi connectivity index (χ0) is 18.5. The molecular formula is C21H20F2N4. The molecule has 0 amide bonds. The van der Waals surface area contributed by atoms with E-state index in [4.69, 9.17) is 5.26 Å². The van der Waals surface area contributed by atoms with E-state index in [0.717, 1.165) is 31.7 Å². The molecule has 138 valence electrons. The highest BCUT2D eigenvalue weighted by Crippen LogP contribution is 2.48. The monoisotopic (exact) mass is 366 g/mol. The van der Waals surface area contributed by atoms with Crippen molar-refractivity contribution in [1.29, 1.82) is 5.26 Å². The minimum absolute atomic E-state index is 0.0914. The van der Waals surface area contributed by atoms with Crippen molar-refractivity contribution in [3.05, 3.63) is 59.3 Å². The molecule has 1 aromatic heterocycles. The van der Waals surface area contributed by atoms with Crippen LogP contribution >= 0.6 is 0 Å². The molecule has 0 unspecified atom stereocenters. The van der Waals surface area contributed by atoms with Gasteiger partial charge >= 0.3 is 0 Å². The summed E-state index contributed by atoms with van der Waals surface area (Å²) in [5.41, 5.74) is 0.991. The molecule has 4 saturated heterocycles. The normalized spacial score (nSPS) is 31.6. The van der Waals surface area contributed by atoms with E-state index >= 15 is 0 Å². The Morgan fingerprint density at radius 3 is 2.59 bits per heavy atom. The standard InChI is InChI=1S/C21H20F2N4/c22-17-3-1-2-15(19(17)23)16-12-27(18-5-4-13(10-24)11-25-18)20-14-6-8-26(9-7-14)21(16)20/h1-5,11,14,16,20-21H,6-9,12H2/t16-,20-,21-/m1/s1. The third-order valence-electron chi connectivity index (χ3n) is 6.55. The molecule has 4 nitrogen and oxygen atoms in total. The van der Waals surface area contributed by atoms with Crippen LogP contribution in [-0.4, -0.2) is 41.6 Å². The molecule has 3 atom stereocenters. The van der Waals surface area contributed by atoms with Crippen LogP contribution in [-0.2, 0) is 0 Å². The highest BCUT2D eigenvalue weighted by Gasteiger charge is 2.54. The smallest absolute Gasteiger partial charge is 0.162 e. The summed E-state index contributed by atoms with van der Waals surface area (Å²) in [6, 6.07) is 10.7. The Kier molecular flexibility index (Phi) is 3.87. The Bertz CT molecular complexity index is 899. The van der Waals surface area contributed by atoms with E-state index in [2.05, 4.69) is 20.9 Å². The third kappa shape index (κ3) is 2.53. The molecule has 2 aromatic rings. The predicted molar refractivity (Wildman–Crippen MR) is 97.3 cm³/mol. The molecule has 1 aromatic carbocycles. The molecule has 2 bridgehead atoms. The molecule has 0 saturated carbocycles. The van der Waals surface area contributed by atoms with Gasteiger partial charge in [-0.25, -0.2) is 13.8 Å². The molecule has 6 rings (SSSR count). The van der Waals surface area contributed by atoms with Gasteiger partial charge in [-0.15, -0.1) is 0 Å². The molecule has 0 spiro atoms. The largest absolute Gasteiger partial charge is 0.351 e. The SMILES string of the molecule is N#Cc1ccc(N2C[C@H](c3cccc(F)c3F)[C@@H]3[C@H]2C2CCN3CC2)nc1. The number of rotatable bonds is 2. The fourth-order valence-electron chi connectivity index (χ4n) is 5.38. The van der Waals surface area contributed by atoms with Crippen LogP contribution in [0.15, 0.2) is 36.5 Å². The van der Waals surface area contributed by atoms with E-state index < -0.39 is 11.6 Å². The first kappa shape index (κ1) is 16.6. The second kappa shape index (κ2) is 6.28. The van der Waals surface area contributed by atoms with Crippen molar-refractivity contribution >= 4 is 5.82 Å². The Morgan fingerprint density at radius 2 is 1.89 bits per heavy atom. The highest BCUT2D eigenvalue weighted by atomic mass is 19.2. The first-order valence-corrected chi connectivity index (χ1v) is 9.48. The molecule has 0 aliphatic carbocycles. The van der Waals surface area contributed by atoms with Crippen LogP contribution in [0.1, 0.15) is 29.9 Å². The number of anilines is 1. The lowest BCUT2D eigenvalue weighted by Crippen LogP contribution is -2.60. The number of halogens is 2. The van der Waals surface area contributed by atoms with E-state index in [1.807, 2.05) is 6.07 Å². The molecule has 4 fully saturated rings. The van der Waals surface area contributed by atoms with E-state index in [1.165, 1.54) is 6.07 Å². The van der Waals surface area contributed by atoms with Crippen molar-refractivity contribution in [1.82, 2.24) is 9.88 Å². The minimum atomic E-state index is -0.782. The van der Waals surface area contributed by atoms with Gasteiger partial charge in [0, 0.05) is 30.7 Å². The Hall–Kier alpha value is -2.52. The lowest BCUT2D eigenvalue weighted by molar-refractivity contribution is 0.0350. The van der Waals surface area contributed by atoms with Crippen LogP contribution < -0.4 is 4.90 Å². The number of piperidine rings is 3. The first-order chi connectivity index (χ1) is 13.2. The fourth-order valence-corrected chi connectivity index (χ4v) is 5.38. The molecule has 0 N–H and O–H groups in total. The first-order valence-electron chi connectivity index (χ1n) is 9.48. The average molecular weight is 366 g/mol. The molecule has 5 heterocycles. The van der Waals surface area contributed by atoms with E-state index in [1.54, 1.807) is 24.4 Å². The van der Waals surface area contributed by atoms with Crippen LogP contribution in [0.25, 0.3) is 0 Å². The van der Waals surface area contributed by atoms with Crippen LogP contribution in [0.5, 0.6) is 0 Å². The van der Waals surface area contributed by atoms with Gasteiger partial charge in [-0.2, -0.15) is 5.26 Å². The summed E-state index contributed by atoms with van der Waals surface area (Å²) in [4.78, 5) is 9.20.